The van der Waals surface area contributed by atoms with Crippen molar-refractivity contribution in [3.63, 3.8) is 0 Å². The Balaban J connectivity index is 2.23. The fourth-order valence-corrected chi connectivity index (χ4v) is 2.38. The Morgan fingerprint density at radius 3 is 2.58 bits per heavy atom. The lowest BCUT2D eigenvalue weighted by Crippen LogP contribution is -2.04. The van der Waals surface area contributed by atoms with Gasteiger partial charge in [0.15, 0.2) is 0 Å². The monoisotopic (exact) mass is 277 g/mol. The molecule has 2 rings (SSSR count). The molecule has 1 heterocycles. The van der Waals surface area contributed by atoms with Crippen LogP contribution in [0.3, 0.4) is 0 Å². The SMILES string of the molecule is Cc1nc(CNc2cc(C)c(C)cc2[N+](=O)[O-])cs1. The van der Waals surface area contributed by atoms with E-state index >= 15 is 0 Å². The minimum atomic E-state index is -0.360. The van der Waals surface area contributed by atoms with Crippen LogP contribution in [0.25, 0.3) is 0 Å². The molecule has 0 unspecified atom stereocenters. The van der Waals surface area contributed by atoms with Crippen LogP contribution >= 0.6 is 11.3 Å². The van der Waals surface area contributed by atoms with Gasteiger partial charge in [0, 0.05) is 11.4 Å². The van der Waals surface area contributed by atoms with Crippen molar-refractivity contribution in [2.24, 2.45) is 0 Å². The van der Waals surface area contributed by atoms with Crippen LogP contribution in [0.1, 0.15) is 21.8 Å². The molecule has 0 aliphatic heterocycles. The molecule has 19 heavy (non-hydrogen) atoms. The quantitative estimate of drug-likeness (QED) is 0.685. The Kier molecular flexibility index (Phi) is 3.80. The van der Waals surface area contributed by atoms with Gasteiger partial charge in [-0.2, -0.15) is 0 Å². The van der Waals surface area contributed by atoms with Gasteiger partial charge >= 0.3 is 0 Å². The van der Waals surface area contributed by atoms with Gasteiger partial charge in [0.2, 0.25) is 0 Å². The van der Waals surface area contributed by atoms with Crippen LogP contribution in [0.5, 0.6) is 0 Å². The van der Waals surface area contributed by atoms with E-state index in [1.165, 1.54) is 0 Å². The fraction of sp³-hybridized carbons (Fsp3) is 0.308. The maximum absolute atomic E-state index is 11.1. The van der Waals surface area contributed by atoms with Gasteiger partial charge in [0.1, 0.15) is 5.69 Å². The first-order chi connectivity index (χ1) is 8.97. The first kappa shape index (κ1) is 13.5. The standard InChI is InChI=1S/C13H15N3O2S/c1-8-4-12(13(16(17)18)5-9(8)2)14-6-11-7-19-10(3)15-11/h4-5,7,14H,6H2,1-3H3. The topological polar surface area (TPSA) is 68.1 Å². The third kappa shape index (κ3) is 3.08. The molecular weight excluding hydrogens is 262 g/mol. The molecule has 1 N–H and O–H groups in total. The lowest BCUT2D eigenvalue weighted by molar-refractivity contribution is -0.384. The van der Waals surface area contributed by atoms with Crippen molar-refractivity contribution in [2.45, 2.75) is 27.3 Å². The number of rotatable bonds is 4. The zero-order chi connectivity index (χ0) is 14.0. The Labute approximate surface area is 115 Å². The Morgan fingerprint density at radius 2 is 2.00 bits per heavy atom. The minimum absolute atomic E-state index is 0.107. The van der Waals surface area contributed by atoms with E-state index in [1.807, 2.05) is 32.2 Å². The molecular formula is C13H15N3O2S. The molecule has 5 nitrogen and oxygen atoms in total. The van der Waals surface area contributed by atoms with Gasteiger partial charge < -0.3 is 5.32 Å². The summed E-state index contributed by atoms with van der Waals surface area (Å²) in [5, 5.41) is 17.1. The van der Waals surface area contributed by atoms with E-state index in [0.29, 0.717) is 12.2 Å². The summed E-state index contributed by atoms with van der Waals surface area (Å²) in [5.41, 5.74) is 3.49. The van der Waals surface area contributed by atoms with Gasteiger partial charge in [0.25, 0.3) is 5.69 Å². The summed E-state index contributed by atoms with van der Waals surface area (Å²) in [6.07, 6.45) is 0. The third-order valence-corrected chi connectivity index (χ3v) is 3.76. The number of anilines is 1. The number of nitro benzene ring substituents is 1. The smallest absolute Gasteiger partial charge is 0.292 e. The number of aromatic nitrogens is 1. The van der Waals surface area contributed by atoms with Crippen molar-refractivity contribution >= 4 is 22.7 Å². The van der Waals surface area contributed by atoms with Gasteiger partial charge in [-0.15, -0.1) is 11.3 Å². The zero-order valence-corrected chi connectivity index (χ0v) is 11.9. The number of nitro groups is 1. The molecule has 100 valence electrons. The van der Waals surface area contributed by atoms with Gasteiger partial charge in [-0.3, -0.25) is 10.1 Å². The second kappa shape index (κ2) is 5.36. The van der Waals surface area contributed by atoms with Crippen molar-refractivity contribution in [3.8, 4) is 0 Å². The van der Waals surface area contributed by atoms with Crippen molar-refractivity contribution in [1.29, 1.82) is 0 Å². The third-order valence-electron chi connectivity index (χ3n) is 2.94. The summed E-state index contributed by atoms with van der Waals surface area (Å²) in [5.74, 6) is 0. The number of aryl methyl sites for hydroxylation is 3. The first-order valence-corrected chi connectivity index (χ1v) is 6.76. The maximum Gasteiger partial charge on any atom is 0.292 e. The van der Waals surface area contributed by atoms with Crippen molar-refractivity contribution in [1.82, 2.24) is 4.98 Å². The van der Waals surface area contributed by atoms with E-state index < -0.39 is 0 Å². The van der Waals surface area contributed by atoms with Crippen LogP contribution < -0.4 is 5.32 Å². The molecule has 0 atom stereocenters. The van der Waals surface area contributed by atoms with Gasteiger partial charge in [0.05, 0.1) is 22.2 Å². The number of benzene rings is 1. The van der Waals surface area contributed by atoms with Crippen LogP contribution in [-0.2, 0) is 6.54 Å². The van der Waals surface area contributed by atoms with Crippen LogP contribution in [-0.4, -0.2) is 9.91 Å². The summed E-state index contributed by atoms with van der Waals surface area (Å²) in [6, 6.07) is 3.41. The number of thiazole rings is 1. The summed E-state index contributed by atoms with van der Waals surface area (Å²) in [4.78, 5) is 15.0. The average molecular weight is 277 g/mol. The number of nitrogens with one attached hydrogen (secondary N) is 1. The Hall–Kier alpha value is -1.95. The number of hydrogen-bond donors (Lipinski definition) is 1. The minimum Gasteiger partial charge on any atom is -0.374 e. The molecule has 1 aromatic heterocycles. The van der Waals surface area contributed by atoms with Crippen LogP contribution in [0.2, 0.25) is 0 Å². The average Bonchev–Trinajstić information content (AvgIpc) is 2.76. The molecule has 0 spiro atoms. The van der Waals surface area contributed by atoms with Gasteiger partial charge in [-0.1, -0.05) is 0 Å². The normalized spacial score (nSPS) is 10.5. The van der Waals surface area contributed by atoms with E-state index in [0.717, 1.165) is 21.8 Å². The highest BCUT2D eigenvalue weighted by atomic mass is 32.1. The summed E-state index contributed by atoms with van der Waals surface area (Å²) >= 11 is 1.57. The molecule has 1 aromatic carbocycles. The van der Waals surface area contributed by atoms with Crippen molar-refractivity contribution < 1.29 is 4.92 Å². The molecule has 0 saturated heterocycles. The highest BCUT2D eigenvalue weighted by molar-refractivity contribution is 7.09. The van der Waals surface area contributed by atoms with E-state index in [-0.39, 0.29) is 10.6 Å². The first-order valence-electron chi connectivity index (χ1n) is 5.88. The second-order valence-corrected chi connectivity index (χ2v) is 5.48. The summed E-state index contributed by atoms with van der Waals surface area (Å²) < 4.78 is 0. The molecule has 0 amide bonds. The van der Waals surface area contributed by atoms with Crippen LogP contribution in [0, 0.1) is 30.9 Å². The number of hydrogen-bond acceptors (Lipinski definition) is 5. The largest absolute Gasteiger partial charge is 0.374 e. The van der Waals surface area contributed by atoms with Gasteiger partial charge in [-0.25, -0.2) is 4.98 Å². The molecule has 0 aliphatic carbocycles. The second-order valence-electron chi connectivity index (χ2n) is 4.42. The summed E-state index contributed by atoms with van der Waals surface area (Å²) in [6.45, 7) is 6.24. The Bertz CT molecular complexity index is 622. The van der Waals surface area contributed by atoms with E-state index in [4.69, 9.17) is 0 Å². The predicted octanol–water partition coefficient (Wildman–Crippen LogP) is 3.59. The van der Waals surface area contributed by atoms with Crippen LogP contribution in [0.15, 0.2) is 17.5 Å². The predicted molar refractivity (Wildman–Crippen MR) is 76.7 cm³/mol. The van der Waals surface area contributed by atoms with Crippen LogP contribution in [0.4, 0.5) is 11.4 Å². The van der Waals surface area contributed by atoms with Gasteiger partial charge in [-0.05, 0) is 38.0 Å². The van der Waals surface area contributed by atoms with E-state index in [2.05, 4.69) is 10.3 Å². The molecule has 0 saturated carbocycles. The molecule has 6 heteroatoms. The zero-order valence-electron chi connectivity index (χ0n) is 11.1. The van der Waals surface area contributed by atoms with E-state index in [9.17, 15) is 10.1 Å². The lowest BCUT2D eigenvalue weighted by Gasteiger charge is -2.08. The highest BCUT2D eigenvalue weighted by Crippen LogP contribution is 2.28. The molecule has 0 radical (unpaired) electrons. The molecule has 0 aliphatic rings. The fourth-order valence-electron chi connectivity index (χ4n) is 1.77. The summed E-state index contributed by atoms with van der Waals surface area (Å²) in [7, 11) is 0. The highest BCUT2D eigenvalue weighted by Gasteiger charge is 2.15. The lowest BCUT2D eigenvalue weighted by atomic mass is 10.1. The van der Waals surface area contributed by atoms with Crippen molar-refractivity contribution in [3.05, 3.63) is 49.5 Å². The maximum atomic E-state index is 11.1. The Morgan fingerprint density at radius 1 is 1.32 bits per heavy atom. The van der Waals surface area contributed by atoms with Crippen molar-refractivity contribution in [2.75, 3.05) is 5.32 Å². The molecule has 2 aromatic rings. The molecule has 0 bridgehead atoms. The number of nitrogens with zero attached hydrogens (tertiary/aromatic N) is 2. The van der Waals surface area contributed by atoms with E-state index in [1.54, 1.807) is 17.4 Å². The molecule has 0 fully saturated rings.